The van der Waals surface area contributed by atoms with Crippen LogP contribution in [0.3, 0.4) is 0 Å². The predicted molar refractivity (Wildman–Crippen MR) is 47.9 cm³/mol. The van der Waals surface area contributed by atoms with Gasteiger partial charge in [0.1, 0.15) is 5.82 Å². The van der Waals surface area contributed by atoms with Gasteiger partial charge in [0.2, 0.25) is 0 Å². The molecule has 2 heterocycles. The number of hydrogen-bond donors (Lipinski definition) is 0. The lowest BCUT2D eigenvalue weighted by Crippen LogP contribution is -1.86. The topological polar surface area (TPSA) is 17.3 Å². The maximum absolute atomic E-state index is 12.6. The summed E-state index contributed by atoms with van der Waals surface area (Å²) in [6.45, 7) is 0. The van der Waals surface area contributed by atoms with Crippen LogP contribution in [-0.4, -0.2) is 9.61 Å². The van der Waals surface area contributed by atoms with Gasteiger partial charge in [0.25, 0.3) is 0 Å². The first-order valence-electron chi connectivity index (χ1n) is 3.06. The fraction of sp³-hybridized carbons (Fsp3) is 0. The van der Waals surface area contributed by atoms with Crippen LogP contribution in [0.2, 0.25) is 0 Å². The Hall–Kier alpha value is -0.650. The third-order valence-electron chi connectivity index (χ3n) is 1.44. The van der Waals surface area contributed by atoms with Crippen LogP contribution in [0.4, 0.5) is 4.39 Å². The molecule has 0 N–H and O–H groups in total. The van der Waals surface area contributed by atoms with E-state index in [2.05, 4.69) is 27.7 Å². The van der Waals surface area contributed by atoms with Crippen molar-refractivity contribution in [1.82, 2.24) is 9.61 Å². The molecule has 0 aliphatic heterocycles. The van der Waals surface area contributed by atoms with E-state index >= 15 is 0 Å². The Kier molecular flexibility index (Phi) is 1.56. The quantitative estimate of drug-likeness (QED) is 0.664. The van der Waals surface area contributed by atoms with Crippen molar-refractivity contribution in [3.63, 3.8) is 0 Å². The van der Waals surface area contributed by atoms with Crippen LogP contribution >= 0.6 is 22.6 Å². The van der Waals surface area contributed by atoms with Crippen molar-refractivity contribution in [3.8, 4) is 0 Å². The fourth-order valence-corrected chi connectivity index (χ4v) is 1.45. The van der Waals surface area contributed by atoms with E-state index in [1.165, 1.54) is 12.1 Å². The number of fused-ring (bicyclic) bond motifs is 1. The molecule has 2 aromatic rings. The van der Waals surface area contributed by atoms with Gasteiger partial charge in [-0.1, -0.05) is 0 Å². The van der Waals surface area contributed by atoms with Gasteiger partial charge in [-0.05, 0) is 28.7 Å². The lowest BCUT2D eigenvalue weighted by molar-refractivity contribution is 0.625. The minimum atomic E-state index is -0.226. The molecule has 0 fully saturated rings. The van der Waals surface area contributed by atoms with Crippen molar-refractivity contribution in [2.24, 2.45) is 0 Å². The minimum absolute atomic E-state index is 0.226. The van der Waals surface area contributed by atoms with E-state index in [0.29, 0.717) is 0 Å². The molecule has 0 unspecified atom stereocenters. The summed E-state index contributed by atoms with van der Waals surface area (Å²) in [6.07, 6.45) is 3.31. The van der Waals surface area contributed by atoms with Gasteiger partial charge in [-0.25, -0.2) is 8.91 Å². The summed E-state index contributed by atoms with van der Waals surface area (Å²) < 4.78 is 15.3. The molecule has 0 aromatic carbocycles. The van der Waals surface area contributed by atoms with E-state index in [-0.39, 0.29) is 5.82 Å². The molecule has 0 spiro atoms. The zero-order valence-corrected chi connectivity index (χ0v) is 7.62. The van der Waals surface area contributed by atoms with Gasteiger partial charge >= 0.3 is 0 Å². The molecule has 2 rings (SSSR count). The average Bonchev–Trinajstić information content (AvgIpc) is 2.33. The molecule has 11 heavy (non-hydrogen) atoms. The summed E-state index contributed by atoms with van der Waals surface area (Å²) in [5.74, 6) is -0.226. The number of pyridine rings is 1. The minimum Gasteiger partial charge on any atom is -0.240 e. The summed E-state index contributed by atoms with van der Waals surface area (Å²) in [5, 5.41) is 4.00. The summed E-state index contributed by atoms with van der Waals surface area (Å²) in [4.78, 5) is 0. The maximum atomic E-state index is 12.6. The van der Waals surface area contributed by atoms with Gasteiger partial charge in [0.15, 0.2) is 0 Å². The highest BCUT2D eigenvalue weighted by molar-refractivity contribution is 14.1. The zero-order chi connectivity index (χ0) is 7.84. The van der Waals surface area contributed by atoms with E-state index in [1.807, 2.05) is 0 Å². The summed E-state index contributed by atoms with van der Waals surface area (Å²) in [7, 11) is 0. The predicted octanol–water partition coefficient (Wildman–Crippen LogP) is 2.08. The fourth-order valence-electron chi connectivity index (χ4n) is 0.925. The highest BCUT2D eigenvalue weighted by atomic mass is 127. The summed E-state index contributed by atoms with van der Waals surface area (Å²) in [5.41, 5.74) is 0.811. The van der Waals surface area contributed by atoms with Crippen molar-refractivity contribution in [2.75, 3.05) is 0 Å². The van der Waals surface area contributed by atoms with Crippen LogP contribution in [0.5, 0.6) is 0 Å². The van der Waals surface area contributed by atoms with Crippen LogP contribution in [0.1, 0.15) is 0 Å². The Balaban J connectivity index is 2.87. The van der Waals surface area contributed by atoms with E-state index in [1.54, 1.807) is 16.9 Å². The second-order valence-electron chi connectivity index (χ2n) is 2.17. The molecule has 4 heteroatoms. The van der Waals surface area contributed by atoms with Crippen molar-refractivity contribution in [1.29, 1.82) is 0 Å². The number of hydrogen-bond acceptors (Lipinski definition) is 1. The van der Waals surface area contributed by atoms with E-state index in [0.717, 1.165) is 9.09 Å². The highest BCUT2D eigenvalue weighted by Crippen LogP contribution is 2.13. The Bertz CT molecular complexity index is 396. The van der Waals surface area contributed by atoms with Gasteiger partial charge in [-0.3, -0.25) is 0 Å². The Morgan fingerprint density at radius 3 is 3.18 bits per heavy atom. The van der Waals surface area contributed by atoms with Crippen molar-refractivity contribution in [2.45, 2.75) is 0 Å². The molecule has 0 radical (unpaired) electrons. The molecular formula is C7H4FIN2. The van der Waals surface area contributed by atoms with E-state index in [4.69, 9.17) is 0 Å². The van der Waals surface area contributed by atoms with Gasteiger partial charge < -0.3 is 0 Å². The third kappa shape index (κ3) is 1.11. The molecule has 0 amide bonds. The third-order valence-corrected chi connectivity index (χ3v) is 2.27. The van der Waals surface area contributed by atoms with Gasteiger partial charge in [0, 0.05) is 12.3 Å². The van der Waals surface area contributed by atoms with Crippen LogP contribution < -0.4 is 0 Å². The SMILES string of the molecule is Fc1ccn2ncc(I)c2c1. The molecule has 56 valence electrons. The van der Waals surface area contributed by atoms with Crippen molar-refractivity contribution < 1.29 is 4.39 Å². The zero-order valence-electron chi connectivity index (χ0n) is 5.46. The molecule has 0 bridgehead atoms. The average molecular weight is 262 g/mol. The lowest BCUT2D eigenvalue weighted by Gasteiger charge is -1.91. The largest absolute Gasteiger partial charge is 0.240 e. The Labute approximate surface area is 76.2 Å². The first-order chi connectivity index (χ1) is 5.27. The molecule has 2 nitrogen and oxygen atoms in total. The maximum Gasteiger partial charge on any atom is 0.126 e. The van der Waals surface area contributed by atoms with Gasteiger partial charge in [-0.2, -0.15) is 5.10 Å². The lowest BCUT2D eigenvalue weighted by atomic mass is 10.4. The van der Waals surface area contributed by atoms with Gasteiger partial charge in [0.05, 0.1) is 15.3 Å². The van der Waals surface area contributed by atoms with Crippen molar-refractivity contribution >= 4 is 28.1 Å². The first kappa shape index (κ1) is 7.02. The molecule has 0 saturated carbocycles. The van der Waals surface area contributed by atoms with Gasteiger partial charge in [-0.15, -0.1) is 0 Å². The number of halogens is 2. The molecule has 2 aromatic heterocycles. The molecule has 0 atom stereocenters. The number of rotatable bonds is 0. The standard InChI is InChI=1S/C7H4FIN2/c8-5-1-2-11-7(3-5)6(9)4-10-11/h1-4H. The van der Waals surface area contributed by atoms with Crippen LogP contribution in [0, 0.1) is 9.39 Å². The van der Waals surface area contributed by atoms with Crippen LogP contribution in [0.25, 0.3) is 5.52 Å². The van der Waals surface area contributed by atoms with Crippen LogP contribution in [0.15, 0.2) is 24.5 Å². The second-order valence-corrected chi connectivity index (χ2v) is 3.33. The Morgan fingerprint density at radius 2 is 2.36 bits per heavy atom. The second kappa shape index (κ2) is 2.44. The summed E-state index contributed by atoms with van der Waals surface area (Å²) in [6, 6.07) is 2.85. The Morgan fingerprint density at radius 1 is 1.55 bits per heavy atom. The number of aromatic nitrogens is 2. The molecule has 0 aliphatic rings. The normalized spacial score (nSPS) is 10.7. The highest BCUT2D eigenvalue weighted by Gasteiger charge is 2.00. The smallest absolute Gasteiger partial charge is 0.126 e. The van der Waals surface area contributed by atoms with E-state index in [9.17, 15) is 4.39 Å². The monoisotopic (exact) mass is 262 g/mol. The summed E-state index contributed by atoms with van der Waals surface area (Å²) >= 11 is 2.12. The first-order valence-corrected chi connectivity index (χ1v) is 4.13. The van der Waals surface area contributed by atoms with Crippen LogP contribution in [-0.2, 0) is 0 Å². The van der Waals surface area contributed by atoms with E-state index < -0.39 is 0 Å². The van der Waals surface area contributed by atoms with Crippen molar-refractivity contribution in [3.05, 3.63) is 33.9 Å². The molecule has 0 saturated heterocycles. The molecular weight excluding hydrogens is 258 g/mol. The molecule has 0 aliphatic carbocycles. The number of nitrogens with zero attached hydrogens (tertiary/aromatic N) is 2.